The SMILES string of the molecule is CCC1CCC(CCc2ccc(-c3ccc(Cl)nn3)cc2)CC1. The van der Waals surface area contributed by atoms with Gasteiger partial charge in [-0.25, -0.2) is 0 Å². The van der Waals surface area contributed by atoms with Crippen molar-refractivity contribution < 1.29 is 0 Å². The third kappa shape index (κ3) is 4.54. The zero-order chi connectivity index (χ0) is 16.1. The Morgan fingerprint density at radius 3 is 2.22 bits per heavy atom. The Kier molecular flexibility index (Phi) is 5.66. The van der Waals surface area contributed by atoms with Crippen LogP contribution in [-0.2, 0) is 6.42 Å². The van der Waals surface area contributed by atoms with Gasteiger partial charge in [0.1, 0.15) is 0 Å². The molecule has 122 valence electrons. The third-order valence-electron chi connectivity index (χ3n) is 5.27. The van der Waals surface area contributed by atoms with Crippen molar-refractivity contribution in [1.82, 2.24) is 10.2 Å². The molecule has 0 saturated heterocycles. The van der Waals surface area contributed by atoms with E-state index in [2.05, 4.69) is 41.4 Å². The Morgan fingerprint density at radius 2 is 1.61 bits per heavy atom. The average Bonchev–Trinajstić information content (AvgIpc) is 2.61. The molecule has 1 saturated carbocycles. The van der Waals surface area contributed by atoms with E-state index in [9.17, 15) is 0 Å². The molecule has 3 rings (SSSR count). The van der Waals surface area contributed by atoms with E-state index < -0.39 is 0 Å². The van der Waals surface area contributed by atoms with Crippen LogP contribution in [0.4, 0.5) is 0 Å². The van der Waals surface area contributed by atoms with Crippen molar-refractivity contribution >= 4 is 11.6 Å². The number of aromatic nitrogens is 2. The summed E-state index contributed by atoms with van der Waals surface area (Å²) in [5.74, 6) is 1.92. The summed E-state index contributed by atoms with van der Waals surface area (Å²) in [4.78, 5) is 0. The second-order valence-electron chi connectivity index (χ2n) is 6.77. The van der Waals surface area contributed by atoms with Gasteiger partial charge < -0.3 is 0 Å². The molecule has 2 aromatic rings. The summed E-state index contributed by atoms with van der Waals surface area (Å²) in [6.45, 7) is 2.33. The van der Waals surface area contributed by atoms with E-state index in [4.69, 9.17) is 11.6 Å². The first-order valence-corrected chi connectivity index (χ1v) is 9.21. The highest BCUT2D eigenvalue weighted by Crippen LogP contribution is 2.33. The molecule has 0 N–H and O–H groups in total. The van der Waals surface area contributed by atoms with Crippen LogP contribution in [0.1, 0.15) is 51.0 Å². The van der Waals surface area contributed by atoms with Gasteiger partial charge in [-0.2, -0.15) is 0 Å². The molecule has 0 spiro atoms. The number of nitrogens with zero attached hydrogens (tertiary/aromatic N) is 2. The molecule has 1 aliphatic carbocycles. The lowest BCUT2D eigenvalue weighted by molar-refractivity contribution is 0.259. The van der Waals surface area contributed by atoms with Crippen LogP contribution < -0.4 is 0 Å². The zero-order valence-corrected chi connectivity index (χ0v) is 14.6. The van der Waals surface area contributed by atoms with Gasteiger partial charge in [0, 0.05) is 5.56 Å². The lowest BCUT2D eigenvalue weighted by atomic mass is 9.78. The Bertz CT molecular complexity index is 599. The van der Waals surface area contributed by atoms with Crippen LogP contribution in [0, 0.1) is 11.8 Å². The minimum Gasteiger partial charge on any atom is -0.149 e. The lowest BCUT2D eigenvalue weighted by Gasteiger charge is -2.27. The van der Waals surface area contributed by atoms with E-state index in [0.717, 1.165) is 23.1 Å². The summed E-state index contributed by atoms with van der Waals surface area (Å²) in [5, 5.41) is 8.47. The molecule has 0 bridgehead atoms. The van der Waals surface area contributed by atoms with Gasteiger partial charge in [0.05, 0.1) is 5.69 Å². The van der Waals surface area contributed by atoms with Crippen LogP contribution in [0.2, 0.25) is 5.15 Å². The maximum atomic E-state index is 5.78. The summed E-state index contributed by atoms with van der Waals surface area (Å²) in [7, 11) is 0. The molecule has 0 amide bonds. The van der Waals surface area contributed by atoms with Gasteiger partial charge >= 0.3 is 0 Å². The van der Waals surface area contributed by atoms with E-state index >= 15 is 0 Å². The summed E-state index contributed by atoms with van der Waals surface area (Å²) < 4.78 is 0. The second-order valence-corrected chi connectivity index (χ2v) is 7.16. The first-order valence-electron chi connectivity index (χ1n) is 8.83. The third-order valence-corrected chi connectivity index (χ3v) is 5.47. The fraction of sp³-hybridized carbons (Fsp3) is 0.500. The fourth-order valence-corrected chi connectivity index (χ4v) is 3.71. The molecule has 1 aromatic heterocycles. The molecule has 1 aromatic carbocycles. The molecule has 1 aliphatic rings. The number of halogens is 1. The molecule has 1 fully saturated rings. The van der Waals surface area contributed by atoms with Gasteiger partial charge in [-0.05, 0) is 42.4 Å². The summed E-state index contributed by atoms with van der Waals surface area (Å²) in [5.41, 5.74) is 3.40. The van der Waals surface area contributed by atoms with Crippen molar-refractivity contribution in [3.63, 3.8) is 0 Å². The normalized spacial score (nSPS) is 21.3. The first-order chi connectivity index (χ1) is 11.2. The summed E-state index contributed by atoms with van der Waals surface area (Å²) >= 11 is 5.78. The van der Waals surface area contributed by atoms with E-state index in [1.807, 2.05) is 6.07 Å². The molecular weight excluding hydrogens is 304 g/mol. The molecule has 0 unspecified atom stereocenters. The van der Waals surface area contributed by atoms with Crippen LogP contribution in [-0.4, -0.2) is 10.2 Å². The van der Waals surface area contributed by atoms with Crippen molar-refractivity contribution in [2.24, 2.45) is 11.8 Å². The van der Waals surface area contributed by atoms with Crippen LogP contribution in [0.15, 0.2) is 36.4 Å². The maximum absolute atomic E-state index is 5.78. The van der Waals surface area contributed by atoms with Gasteiger partial charge in [0.2, 0.25) is 0 Å². The van der Waals surface area contributed by atoms with Crippen molar-refractivity contribution in [3.05, 3.63) is 47.1 Å². The van der Waals surface area contributed by atoms with Gasteiger partial charge in [0.15, 0.2) is 5.15 Å². The van der Waals surface area contributed by atoms with E-state index in [1.54, 1.807) is 6.07 Å². The van der Waals surface area contributed by atoms with E-state index in [1.165, 1.54) is 50.5 Å². The van der Waals surface area contributed by atoms with Gasteiger partial charge in [-0.3, -0.25) is 0 Å². The first kappa shape index (κ1) is 16.4. The maximum Gasteiger partial charge on any atom is 0.151 e. The molecule has 0 radical (unpaired) electrons. The van der Waals surface area contributed by atoms with Crippen LogP contribution >= 0.6 is 11.6 Å². The predicted molar refractivity (Wildman–Crippen MR) is 96.5 cm³/mol. The van der Waals surface area contributed by atoms with Crippen molar-refractivity contribution in [3.8, 4) is 11.3 Å². The number of rotatable bonds is 5. The van der Waals surface area contributed by atoms with E-state index in [-0.39, 0.29) is 0 Å². The quantitative estimate of drug-likeness (QED) is 0.678. The van der Waals surface area contributed by atoms with Gasteiger partial charge in [0.25, 0.3) is 0 Å². The predicted octanol–water partition coefficient (Wildman–Crippen LogP) is 5.95. The molecule has 2 nitrogen and oxygen atoms in total. The minimum absolute atomic E-state index is 0.433. The Morgan fingerprint density at radius 1 is 0.913 bits per heavy atom. The highest BCUT2D eigenvalue weighted by Gasteiger charge is 2.19. The number of aryl methyl sites for hydroxylation is 1. The molecule has 0 atom stereocenters. The minimum atomic E-state index is 0.433. The highest BCUT2D eigenvalue weighted by atomic mass is 35.5. The van der Waals surface area contributed by atoms with Gasteiger partial charge in [-0.1, -0.05) is 74.9 Å². The number of hydrogen-bond acceptors (Lipinski definition) is 2. The molecular formula is C20H25ClN2. The monoisotopic (exact) mass is 328 g/mol. The molecule has 1 heterocycles. The molecule has 0 aliphatic heterocycles. The van der Waals surface area contributed by atoms with Crippen LogP contribution in [0.5, 0.6) is 0 Å². The Labute approximate surface area is 144 Å². The molecule has 23 heavy (non-hydrogen) atoms. The fourth-order valence-electron chi connectivity index (χ4n) is 3.61. The van der Waals surface area contributed by atoms with Crippen LogP contribution in [0.3, 0.4) is 0 Å². The smallest absolute Gasteiger partial charge is 0.149 e. The number of hydrogen-bond donors (Lipinski definition) is 0. The van der Waals surface area contributed by atoms with Crippen molar-refractivity contribution in [2.75, 3.05) is 0 Å². The molecule has 3 heteroatoms. The zero-order valence-electron chi connectivity index (χ0n) is 13.8. The largest absolute Gasteiger partial charge is 0.151 e. The summed E-state index contributed by atoms with van der Waals surface area (Å²) in [6, 6.07) is 12.4. The highest BCUT2D eigenvalue weighted by molar-refractivity contribution is 6.29. The van der Waals surface area contributed by atoms with Crippen molar-refractivity contribution in [1.29, 1.82) is 0 Å². The van der Waals surface area contributed by atoms with Crippen LogP contribution in [0.25, 0.3) is 11.3 Å². The van der Waals surface area contributed by atoms with Gasteiger partial charge in [-0.15, -0.1) is 10.2 Å². The van der Waals surface area contributed by atoms with E-state index in [0.29, 0.717) is 5.15 Å². The second kappa shape index (κ2) is 7.92. The topological polar surface area (TPSA) is 25.8 Å². The average molecular weight is 329 g/mol. The standard InChI is InChI=1S/C20H25ClN2/c1-2-15-3-5-16(6-4-15)7-8-17-9-11-18(12-10-17)19-13-14-20(21)23-22-19/h9-16H,2-8H2,1H3. The van der Waals surface area contributed by atoms with Crippen molar-refractivity contribution in [2.45, 2.75) is 51.9 Å². The Balaban J connectivity index is 1.53. The Hall–Kier alpha value is -1.41. The number of benzene rings is 1. The summed E-state index contributed by atoms with van der Waals surface area (Å²) in [6.07, 6.45) is 9.62. The lowest BCUT2D eigenvalue weighted by Crippen LogP contribution is -2.14.